The molecule has 1 atom stereocenters. The van der Waals surface area contributed by atoms with Gasteiger partial charge in [-0.15, -0.1) is 0 Å². The number of aromatic amines is 1. The monoisotopic (exact) mass is 371 g/mol. The van der Waals surface area contributed by atoms with Gasteiger partial charge in [-0.2, -0.15) is 0 Å². The van der Waals surface area contributed by atoms with Crippen LogP contribution in [0.2, 0.25) is 0 Å². The lowest BCUT2D eigenvalue weighted by molar-refractivity contribution is -0.121. The lowest BCUT2D eigenvalue weighted by Gasteiger charge is -2.17. The average molecular weight is 371 g/mol. The van der Waals surface area contributed by atoms with Crippen molar-refractivity contribution in [2.45, 2.75) is 12.5 Å². The van der Waals surface area contributed by atoms with E-state index in [2.05, 4.69) is 15.3 Å². The second kappa shape index (κ2) is 7.96. The zero-order chi connectivity index (χ0) is 19.3. The molecule has 2 N–H and O–H groups in total. The maximum Gasteiger partial charge on any atom is 0.225 e. The Morgan fingerprint density at radius 1 is 1.00 bits per heavy atom. The van der Waals surface area contributed by atoms with Gasteiger partial charge in [0.2, 0.25) is 5.91 Å². The summed E-state index contributed by atoms with van der Waals surface area (Å²) < 4.78 is 5.17. The van der Waals surface area contributed by atoms with Gasteiger partial charge in [-0.25, -0.2) is 4.98 Å². The molecule has 4 aromatic rings. The van der Waals surface area contributed by atoms with Crippen LogP contribution in [-0.4, -0.2) is 23.0 Å². The summed E-state index contributed by atoms with van der Waals surface area (Å²) >= 11 is 0. The smallest absolute Gasteiger partial charge is 0.225 e. The topological polar surface area (TPSA) is 67.0 Å². The predicted octanol–water partition coefficient (Wildman–Crippen LogP) is 4.02. The Balaban J connectivity index is 1.59. The van der Waals surface area contributed by atoms with Crippen molar-refractivity contribution >= 4 is 16.9 Å². The summed E-state index contributed by atoms with van der Waals surface area (Å²) in [5.41, 5.74) is 3.73. The third-order valence-electron chi connectivity index (χ3n) is 4.64. The molecular formula is C23H21N3O2. The number of carbonyl (C=O) groups excluding carboxylic acids is 1. The summed E-state index contributed by atoms with van der Waals surface area (Å²) in [4.78, 5) is 20.8. The molecule has 3 aromatic carbocycles. The zero-order valence-electron chi connectivity index (χ0n) is 15.6. The Labute approximate surface area is 163 Å². The fraction of sp³-hybridized carbons (Fsp3) is 0.130. The van der Waals surface area contributed by atoms with Crippen LogP contribution in [0, 0.1) is 0 Å². The van der Waals surface area contributed by atoms with Gasteiger partial charge < -0.3 is 15.0 Å². The second-order valence-corrected chi connectivity index (χ2v) is 6.58. The third kappa shape index (κ3) is 3.88. The Kier molecular flexibility index (Phi) is 5.06. The largest absolute Gasteiger partial charge is 0.497 e. The predicted molar refractivity (Wildman–Crippen MR) is 109 cm³/mol. The summed E-state index contributed by atoms with van der Waals surface area (Å²) in [5, 5.41) is 3.12. The van der Waals surface area contributed by atoms with E-state index in [1.54, 1.807) is 7.11 Å². The van der Waals surface area contributed by atoms with Crippen molar-refractivity contribution < 1.29 is 9.53 Å². The average Bonchev–Trinajstić information content (AvgIpc) is 3.17. The number of nitrogens with one attached hydrogen (secondary N) is 2. The van der Waals surface area contributed by atoms with E-state index in [-0.39, 0.29) is 18.4 Å². The van der Waals surface area contributed by atoms with E-state index in [1.165, 1.54) is 0 Å². The molecule has 5 heteroatoms. The molecule has 0 aliphatic heterocycles. The summed E-state index contributed by atoms with van der Waals surface area (Å²) in [6.07, 6.45) is 0.285. The number of amides is 1. The molecular weight excluding hydrogens is 350 g/mol. The molecule has 28 heavy (non-hydrogen) atoms. The van der Waals surface area contributed by atoms with E-state index < -0.39 is 0 Å². The maximum absolute atomic E-state index is 12.8. The molecule has 1 unspecified atom stereocenters. The van der Waals surface area contributed by atoms with Gasteiger partial charge in [-0.05, 0) is 35.4 Å². The van der Waals surface area contributed by atoms with E-state index >= 15 is 0 Å². The molecule has 1 amide bonds. The number of hydrogen-bond donors (Lipinski definition) is 2. The molecule has 0 saturated heterocycles. The van der Waals surface area contributed by atoms with E-state index in [1.807, 2.05) is 78.9 Å². The summed E-state index contributed by atoms with van der Waals surface area (Å²) in [6, 6.07) is 24.9. The standard InChI is InChI=1S/C23H21N3O2/c1-28-18-13-11-16(12-14-18)15-21(27)26-22(17-7-3-2-4-8-17)23-24-19-9-5-6-10-20(19)25-23/h2-14,22H,15H2,1H3,(H,24,25)(H,26,27). The first-order chi connectivity index (χ1) is 13.7. The van der Waals surface area contributed by atoms with Crippen molar-refractivity contribution in [1.82, 2.24) is 15.3 Å². The fourth-order valence-electron chi connectivity index (χ4n) is 3.21. The number of aromatic nitrogens is 2. The highest BCUT2D eigenvalue weighted by atomic mass is 16.5. The quantitative estimate of drug-likeness (QED) is 0.538. The van der Waals surface area contributed by atoms with Crippen molar-refractivity contribution in [1.29, 1.82) is 0 Å². The molecule has 0 aliphatic carbocycles. The molecule has 0 fully saturated rings. The first kappa shape index (κ1) is 17.8. The highest BCUT2D eigenvalue weighted by molar-refractivity contribution is 5.80. The van der Waals surface area contributed by atoms with Crippen LogP contribution < -0.4 is 10.1 Å². The molecule has 0 saturated carbocycles. The molecule has 1 aromatic heterocycles. The van der Waals surface area contributed by atoms with E-state index in [0.717, 1.165) is 33.7 Å². The van der Waals surface area contributed by atoms with Crippen LogP contribution in [0.1, 0.15) is 23.0 Å². The number of imidazole rings is 1. The summed E-state index contributed by atoms with van der Waals surface area (Å²) in [7, 11) is 1.62. The molecule has 0 radical (unpaired) electrons. The van der Waals surface area contributed by atoms with Crippen LogP contribution in [-0.2, 0) is 11.2 Å². The van der Waals surface area contributed by atoms with Crippen LogP contribution in [0.15, 0.2) is 78.9 Å². The van der Waals surface area contributed by atoms with Crippen LogP contribution in [0.25, 0.3) is 11.0 Å². The van der Waals surface area contributed by atoms with Crippen molar-refractivity contribution in [2.24, 2.45) is 0 Å². The number of nitrogens with zero attached hydrogens (tertiary/aromatic N) is 1. The van der Waals surface area contributed by atoms with Crippen LogP contribution in [0.4, 0.5) is 0 Å². The van der Waals surface area contributed by atoms with Gasteiger partial charge in [-0.3, -0.25) is 4.79 Å². The van der Waals surface area contributed by atoms with Gasteiger partial charge in [-0.1, -0.05) is 54.6 Å². The van der Waals surface area contributed by atoms with Gasteiger partial charge in [0.05, 0.1) is 24.6 Å². The van der Waals surface area contributed by atoms with Crippen molar-refractivity contribution in [3.05, 3.63) is 95.8 Å². The van der Waals surface area contributed by atoms with Gasteiger partial charge in [0.1, 0.15) is 17.6 Å². The molecule has 140 valence electrons. The highest BCUT2D eigenvalue weighted by Gasteiger charge is 2.20. The Hall–Kier alpha value is -3.60. The first-order valence-electron chi connectivity index (χ1n) is 9.15. The first-order valence-corrected chi connectivity index (χ1v) is 9.15. The lowest BCUT2D eigenvalue weighted by Crippen LogP contribution is -2.31. The third-order valence-corrected chi connectivity index (χ3v) is 4.64. The van der Waals surface area contributed by atoms with Crippen LogP contribution in [0.5, 0.6) is 5.75 Å². The minimum Gasteiger partial charge on any atom is -0.497 e. The van der Waals surface area contributed by atoms with Crippen LogP contribution >= 0.6 is 0 Å². The number of ether oxygens (including phenoxy) is 1. The summed E-state index contributed by atoms with van der Waals surface area (Å²) in [5.74, 6) is 1.42. The van der Waals surface area contributed by atoms with Crippen LogP contribution in [0.3, 0.4) is 0 Å². The van der Waals surface area contributed by atoms with Crippen molar-refractivity contribution in [3.63, 3.8) is 0 Å². The fourth-order valence-corrected chi connectivity index (χ4v) is 3.21. The number of benzene rings is 3. The zero-order valence-corrected chi connectivity index (χ0v) is 15.6. The molecule has 0 aliphatic rings. The van der Waals surface area contributed by atoms with E-state index in [9.17, 15) is 4.79 Å². The Bertz CT molecular complexity index is 1040. The van der Waals surface area contributed by atoms with Crippen molar-refractivity contribution in [2.75, 3.05) is 7.11 Å². The number of para-hydroxylation sites is 2. The maximum atomic E-state index is 12.8. The Morgan fingerprint density at radius 2 is 1.71 bits per heavy atom. The number of methoxy groups -OCH3 is 1. The van der Waals surface area contributed by atoms with Gasteiger partial charge in [0, 0.05) is 0 Å². The summed E-state index contributed by atoms with van der Waals surface area (Å²) in [6.45, 7) is 0. The van der Waals surface area contributed by atoms with Gasteiger partial charge in [0.15, 0.2) is 0 Å². The highest BCUT2D eigenvalue weighted by Crippen LogP contribution is 2.23. The number of rotatable bonds is 6. The molecule has 0 bridgehead atoms. The molecule has 5 nitrogen and oxygen atoms in total. The normalized spacial score (nSPS) is 11.9. The van der Waals surface area contributed by atoms with Crippen molar-refractivity contribution in [3.8, 4) is 5.75 Å². The number of hydrogen-bond acceptors (Lipinski definition) is 3. The minimum atomic E-state index is -0.348. The van der Waals surface area contributed by atoms with E-state index in [4.69, 9.17) is 4.74 Å². The van der Waals surface area contributed by atoms with Gasteiger partial charge >= 0.3 is 0 Å². The molecule has 1 heterocycles. The number of fused-ring (bicyclic) bond motifs is 1. The van der Waals surface area contributed by atoms with E-state index in [0.29, 0.717) is 0 Å². The lowest BCUT2D eigenvalue weighted by atomic mass is 10.1. The minimum absolute atomic E-state index is 0.0699. The number of H-pyrrole nitrogens is 1. The molecule has 0 spiro atoms. The second-order valence-electron chi connectivity index (χ2n) is 6.58. The number of carbonyl (C=O) groups is 1. The van der Waals surface area contributed by atoms with Gasteiger partial charge in [0.25, 0.3) is 0 Å². The Morgan fingerprint density at radius 3 is 2.43 bits per heavy atom. The SMILES string of the molecule is COc1ccc(CC(=O)NC(c2ccccc2)c2nc3ccccc3[nH]2)cc1. The molecule has 4 rings (SSSR count).